The van der Waals surface area contributed by atoms with Crippen LogP contribution < -0.4 is 0 Å². The van der Waals surface area contributed by atoms with Gasteiger partial charge in [0.15, 0.2) is 0 Å². The van der Waals surface area contributed by atoms with Crippen LogP contribution in [0.15, 0.2) is 35.9 Å². The summed E-state index contributed by atoms with van der Waals surface area (Å²) in [5, 5.41) is 0. The minimum atomic E-state index is 0.0755. The third-order valence-electron chi connectivity index (χ3n) is 8.47. The van der Waals surface area contributed by atoms with Gasteiger partial charge in [-0.25, -0.2) is 0 Å². The van der Waals surface area contributed by atoms with Gasteiger partial charge in [0.25, 0.3) is 5.91 Å². The minimum absolute atomic E-state index is 0.0755. The average Bonchev–Trinajstić information content (AvgIpc) is 3.13. The third-order valence-corrected chi connectivity index (χ3v) is 8.47. The molecule has 0 radical (unpaired) electrons. The highest BCUT2D eigenvalue weighted by Crippen LogP contribution is 2.45. The Labute approximate surface area is 185 Å². The van der Waals surface area contributed by atoms with E-state index in [1.807, 2.05) is 29.2 Å². The van der Waals surface area contributed by atoms with Gasteiger partial charge in [0.1, 0.15) is 0 Å². The largest absolute Gasteiger partial charge is 0.336 e. The number of carbonyl (C=O) groups excluding carboxylic acids is 2. The van der Waals surface area contributed by atoms with Crippen LogP contribution in [-0.2, 0) is 11.3 Å². The molecule has 0 aromatic heterocycles. The Balaban J connectivity index is 1.15. The highest BCUT2D eigenvalue weighted by molar-refractivity contribution is 5.98. The zero-order chi connectivity index (χ0) is 20.9. The number of likely N-dealkylation sites (tertiary alicyclic amines) is 1. The number of carbonyl (C=O) groups is 2. The molecule has 1 aromatic rings. The van der Waals surface area contributed by atoms with E-state index in [1.54, 1.807) is 0 Å². The van der Waals surface area contributed by atoms with E-state index in [0.29, 0.717) is 37.4 Å². The van der Waals surface area contributed by atoms with E-state index in [4.69, 9.17) is 0 Å². The fourth-order valence-corrected chi connectivity index (χ4v) is 7.12. The lowest BCUT2D eigenvalue weighted by Crippen LogP contribution is -2.60. The molecule has 31 heavy (non-hydrogen) atoms. The van der Waals surface area contributed by atoms with E-state index in [9.17, 15) is 9.59 Å². The second-order valence-corrected chi connectivity index (χ2v) is 10.2. The SMILES string of the molecule is O=C1c2ccccc2CN1CCC(=O)N1CCCC2=CC3CC(CN4CCCCC34)C21. The van der Waals surface area contributed by atoms with Crippen molar-refractivity contribution in [3.05, 3.63) is 47.0 Å². The molecule has 4 heterocycles. The second kappa shape index (κ2) is 7.77. The Kier molecular flexibility index (Phi) is 4.90. The van der Waals surface area contributed by atoms with Crippen LogP contribution in [0.3, 0.4) is 0 Å². The molecule has 3 fully saturated rings. The van der Waals surface area contributed by atoms with E-state index in [0.717, 1.165) is 43.1 Å². The quantitative estimate of drug-likeness (QED) is 0.705. The topological polar surface area (TPSA) is 43.9 Å². The molecule has 4 unspecified atom stereocenters. The molecule has 5 nitrogen and oxygen atoms in total. The number of fused-ring (bicyclic) bond motifs is 7. The fraction of sp³-hybridized carbons (Fsp3) is 0.615. The van der Waals surface area contributed by atoms with Gasteiger partial charge >= 0.3 is 0 Å². The molecule has 1 aliphatic carbocycles. The molecule has 5 heteroatoms. The van der Waals surface area contributed by atoms with Gasteiger partial charge in [0.2, 0.25) is 5.91 Å². The smallest absolute Gasteiger partial charge is 0.254 e. The van der Waals surface area contributed by atoms with Crippen LogP contribution in [0.1, 0.15) is 60.9 Å². The Morgan fingerprint density at radius 1 is 1.10 bits per heavy atom. The Morgan fingerprint density at radius 3 is 2.90 bits per heavy atom. The summed E-state index contributed by atoms with van der Waals surface area (Å²) in [6.07, 6.45) is 10.5. The number of rotatable bonds is 3. The predicted molar refractivity (Wildman–Crippen MR) is 119 cm³/mol. The van der Waals surface area contributed by atoms with Gasteiger partial charge in [0, 0.05) is 44.2 Å². The minimum Gasteiger partial charge on any atom is -0.336 e. The first-order chi connectivity index (χ1) is 15.2. The van der Waals surface area contributed by atoms with E-state index in [2.05, 4.69) is 15.9 Å². The lowest BCUT2D eigenvalue weighted by Gasteiger charge is -2.54. The molecular formula is C26H33N3O2. The van der Waals surface area contributed by atoms with Crippen molar-refractivity contribution >= 4 is 11.8 Å². The molecule has 164 valence electrons. The summed E-state index contributed by atoms with van der Waals surface area (Å²) in [4.78, 5) is 32.8. The van der Waals surface area contributed by atoms with E-state index >= 15 is 0 Å². The molecule has 2 amide bonds. The van der Waals surface area contributed by atoms with Crippen LogP contribution in [-0.4, -0.2) is 64.8 Å². The van der Waals surface area contributed by atoms with Crippen molar-refractivity contribution < 1.29 is 9.59 Å². The molecule has 5 aliphatic rings. The summed E-state index contributed by atoms with van der Waals surface area (Å²) in [5.41, 5.74) is 3.42. The number of hydrogen-bond donors (Lipinski definition) is 0. The zero-order valence-corrected chi connectivity index (χ0v) is 18.3. The Bertz CT molecular complexity index is 925. The molecule has 4 atom stereocenters. The van der Waals surface area contributed by atoms with Gasteiger partial charge in [-0.15, -0.1) is 0 Å². The third kappa shape index (κ3) is 3.32. The second-order valence-electron chi connectivity index (χ2n) is 10.2. The van der Waals surface area contributed by atoms with Crippen molar-refractivity contribution in [1.82, 2.24) is 14.7 Å². The Hall–Kier alpha value is -2.14. The Morgan fingerprint density at radius 2 is 2.00 bits per heavy atom. The summed E-state index contributed by atoms with van der Waals surface area (Å²) in [6.45, 7) is 4.43. The molecule has 0 saturated carbocycles. The van der Waals surface area contributed by atoms with Gasteiger partial charge < -0.3 is 9.80 Å². The predicted octanol–water partition coefficient (Wildman–Crippen LogP) is 3.45. The number of hydrogen-bond acceptors (Lipinski definition) is 3. The lowest BCUT2D eigenvalue weighted by molar-refractivity contribution is -0.136. The maximum atomic E-state index is 13.4. The standard InChI is InChI=1S/C26H33N3O2/c30-24(10-13-28-16-19-6-1-2-8-22(19)26(28)31)29-12-5-7-18-14-20-15-21(25(18)29)17-27-11-4-3-9-23(20)27/h1-2,6,8,14,20-21,23,25H,3-5,7,9-13,15-17H2. The molecular weight excluding hydrogens is 386 g/mol. The van der Waals surface area contributed by atoms with Crippen LogP contribution in [0, 0.1) is 11.8 Å². The van der Waals surface area contributed by atoms with Gasteiger partial charge in [-0.2, -0.15) is 0 Å². The number of piperidine rings is 3. The maximum absolute atomic E-state index is 13.4. The number of amides is 2. The summed E-state index contributed by atoms with van der Waals surface area (Å²) in [7, 11) is 0. The van der Waals surface area contributed by atoms with E-state index in [-0.39, 0.29) is 11.8 Å². The molecule has 0 spiro atoms. The number of benzene rings is 1. The monoisotopic (exact) mass is 419 g/mol. The normalized spacial score (nSPS) is 32.3. The van der Waals surface area contributed by atoms with Gasteiger partial charge in [-0.05, 0) is 62.1 Å². The van der Waals surface area contributed by atoms with Crippen LogP contribution in [0.2, 0.25) is 0 Å². The first-order valence-corrected chi connectivity index (χ1v) is 12.3. The first kappa shape index (κ1) is 19.5. The molecule has 0 N–H and O–H groups in total. The molecule has 3 saturated heterocycles. The zero-order valence-electron chi connectivity index (χ0n) is 18.3. The first-order valence-electron chi connectivity index (χ1n) is 12.3. The summed E-state index contributed by atoms with van der Waals surface area (Å²) < 4.78 is 0. The highest BCUT2D eigenvalue weighted by Gasteiger charge is 2.46. The average molecular weight is 420 g/mol. The molecule has 1 aromatic carbocycles. The van der Waals surface area contributed by atoms with E-state index in [1.165, 1.54) is 37.8 Å². The van der Waals surface area contributed by atoms with Crippen LogP contribution >= 0.6 is 0 Å². The molecule has 2 bridgehead atoms. The fourth-order valence-electron chi connectivity index (χ4n) is 7.12. The van der Waals surface area contributed by atoms with Crippen molar-refractivity contribution in [2.24, 2.45) is 11.8 Å². The van der Waals surface area contributed by atoms with Crippen molar-refractivity contribution in [1.29, 1.82) is 0 Å². The van der Waals surface area contributed by atoms with Crippen molar-refractivity contribution in [2.45, 2.75) is 63.6 Å². The highest BCUT2D eigenvalue weighted by atomic mass is 16.2. The van der Waals surface area contributed by atoms with Crippen molar-refractivity contribution in [3.63, 3.8) is 0 Å². The maximum Gasteiger partial charge on any atom is 0.254 e. The van der Waals surface area contributed by atoms with Crippen LogP contribution in [0.25, 0.3) is 0 Å². The lowest BCUT2D eigenvalue weighted by atomic mass is 9.68. The van der Waals surface area contributed by atoms with Crippen LogP contribution in [0.5, 0.6) is 0 Å². The van der Waals surface area contributed by atoms with E-state index < -0.39 is 0 Å². The number of nitrogens with zero attached hydrogens (tertiary/aromatic N) is 3. The summed E-state index contributed by atoms with van der Waals surface area (Å²) in [6, 6.07) is 8.86. The molecule has 6 rings (SSSR count). The van der Waals surface area contributed by atoms with Crippen molar-refractivity contribution in [2.75, 3.05) is 26.2 Å². The summed E-state index contributed by atoms with van der Waals surface area (Å²) in [5.74, 6) is 1.59. The van der Waals surface area contributed by atoms with Crippen LogP contribution in [0.4, 0.5) is 0 Å². The van der Waals surface area contributed by atoms with Crippen molar-refractivity contribution in [3.8, 4) is 0 Å². The molecule has 4 aliphatic heterocycles. The van der Waals surface area contributed by atoms with Gasteiger partial charge in [-0.1, -0.05) is 36.3 Å². The van der Waals surface area contributed by atoms with Gasteiger partial charge in [0.05, 0.1) is 6.04 Å². The summed E-state index contributed by atoms with van der Waals surface area (Å²) >= 11 is 0. The van der Waals surface area contributed by atoms with Gasteiger partial charge in [-0.3, -0.25) is 14.5 Å².